The molecule has 0 aliphatic carbocycles. The highest BCUT2D eigenvalue weighted by atomic mass is 32.2. The van der Waals surface area contributed by atoms with Gasteiger partial charge < -0.3 is 14.6 Å². The van der Waals surface area contributed by atoms with Gasteiger partial charge in [-0.05, 0) is 56.0 Å². The number of hydrogen-bond donors (Lipinski definition) is 1. The zero-order valence-corrected chi connectivity index (χ0v) is 23.3. The number of carbonyl (C=O) groups is 2. The van der Waals surface area contributed by atoms with Gasteiger partial charge in [0.1, 0.15) is 4.32 Å². The fraction of sp³-hybridized carbons (Fsp3) is 0.414. The summed E-state index contributed by atoms with van der Waals surface area (Å²) in [5, 5.41) is 9.88. The second kappa shape index (κ2) is 14.2. The maximum atomic E-state index is 13.3. The third-order valence-electron chi connectivity index (χ3n) is 6.04. The predicted molar refractivity (Wildman–Crippen MR) is 153 cm³/mol. The number of carboxylic acid groups (broad SMARTS) is 1. The van der Waals surface area contributed by atoms with Gasteiger partial charge in [-0.25, -0.2) is 4.79 Å². The van der Waals surface area contributed by atoms with Crippen molar-refractivity contribution in [2.45, 2.75) is 71.4 Å². The molecule has 198 valence electrons. The highest BCUT2D eigenvalue weighted by Crippen LogP contribution is 2.39. The quantitative estimate of drug-likeness (QED) is 0.153. The SMILES string of the molecule is CCCCCCC[C@@H](C)Oc1ccc(/C=C2/SC(=S)N([C@@H](C(=O)O)c3ccccc3)C2=O)cc1OCC. The summed E-state index contributed by atoms with van der Waals surface area (Å²) in [5.74, 6) is -0.288. The highest BCUT2D eigenvalue weighted by molar-refractivity contribution is 8.26. The number of thioether (sulfide) groups is 1. The Balaban J connectivity index is 1.76. The summed E-state index contributed by atoms with van der Waals surface area (Å²) in [6, 6.07) is 13.0. The summed E-state index contributed by atoms with van der Waals surface area (Å²) in [4.78, 5) is 26.9. The number of nitrogens with zero attached hydrogens (tertiary/aromatic N) is 1. The van der Waals surface area contributed by atoms with Crippen LogP contribution >= 0.6 is 24.0 Å². The Morgan fingerprint density at radius 3 is 2.49 bits per heavy atom. The summed E-state index contributed by atoms with van der Waals surface area (Å²) >= 11 is 6.52. The van der Waals surface area contributed by atoms with Crippen LogP contribution in [0.4, 0.5) is 0 Å². The topological polar surface area (TPSA) is 76.1 Å². The van der Waals surface area contributed by atoms with Crippen LogP contribution in [0.5, 0.6) is 11.5 Å². The van der Waals surface area contributed by atoms with E-state index in [1.165, 1.54) is 30.6 Å². The molecule has 0 unspecified atom stereocenters. The Morgan fingerprint density at radius 1 is 1.08 bits per heavy atom. The van der Waals surface area contributed by atoms with Gasteiger partial charge in [0.15, 0.2) is 17.5 Å². The van der Waals surface area contributed by atoms with Gasteiger partial charge in [0.05, 0.1) is 17.6 Å². The van der Waals surface area contributed by atoms with Crippen LogP contribution in [0.25, 0.3) is 6.08 Å². The first kappa shape index (κ1) is 28.7. The number of aliphatic carboxylic acids is 1. The molecule has 8 heteroatoms. The number of thiocarbonyl (C=S) groups is 1. The lowest BCUT2D eigenvalue weighted by atomic mass is 10.1. The first-order valence-corrected chi connectivity index (χ1v) is 14.1. The van der Waals surface area contributed by atoms with E-state index in [9.17, 15) is 14.7 Å². The molecule has 37 heavy (non-hydrogen) atoms. The molecule has 0 saturated carbocycles. The van der Waals surface area contributed by atoms with Crippen molar-refractivity contribution < 1.29 is 24.2 Å². The number of rotatable bonds is 14. The van der Waals surface area contributed by atoms with Crippen LogP contribution in [0.15, 0.2) is 53.4 Å². The van der Waals surface area contributed by atoms with E-state index in [-0.39, 0.29) is 10.4 Å². The van der Waals surface area contributed by atoms with Crippen LogP contribution in [0.1, 0.15) is 76.5 Å². The molecular weight excluding hydrogens is 506 g/mol. The maximum Gasteiger partial charge on any atom is 0.331 e. The molecule has 0 spiro atoms. The molecule has 3 rings (SSSR count). The van der Waals surface area contributed by atoms with E-state index >= 15 is 0 Å². The van der Waals surface area contributed by atoms with Gasteiger partial charge >= 0.3 is 5.97 Å². The van der Waals surface area contributed by atoms with Crippen molar-refractivity contribution in [3.63, 3.8) is 0 Å². The molecule has 2 atom stereocenters. The molecule has 2 aromatic carbocycles. The van der Waals surface area contributed by atoms with Crippen molar-refractivity contribution in [1.29, 1.82) is 0 Å². The molecule has 1 heterocycles. The van der Waals surface area contributed by atoms with Crippen molar-refractivity contribution in [3.05, 3.63) is 64.6 Å². The molecule has 2 aromatic rings. The lowest BCUT2D eigenvalue weighted by Gasteiger charge is -2.23. The lowest BCUT2D eigenvalue weighted by Crippen LogP contribution is -2.37. The normalized spacial score (nSPS) is 16.2. The monoisotopic (exact) mass is 541 g/mol. The number of carbonyl (C=O) groups excluding carboxylic acids is 1. The molecule has 0 radical (unpaired) electrons. The summed E-state index contributed by atoms with van der Waals surface area (Å²) in [5.41, 5.74) is 1.24. The van der Waals surface area contributed by atoms with Crippen LogP contribution in [0.2, 0.25) is 0 Å². The molecular formula is C29H35NO5S2. The van der Waals surface area contributed by atoms with Gasteiger partial charge in [0.25, 0.3) is 5.91 Å². The minimum Gasteiger partial charge on any atom is -0.490 e. The molecule has 1 fully saturated rings. The minimum atomic E-state index is -1.18. The Labute approximate surface area is 229 Å². The highest BCUT2D eigenvalue weighted by Gasteiger charge is 2.41. The van der Waals surface area contributed by atoms with Crippen molar-refractivity contribution in [1.82, 2.24) is 4.90 Å². The molecule has 1 aliphatic rings. The second-order valence-corrected chi connectivity index (χ2v) is 10.6. The van der Waals surface area contributed by atoms with E-state index in [2.05, 4.69) is 13.8 Å². The minimum absolute atomic E-state index is 0.0638. The smallest absolute Gasteiger partial charge is 0.331 e. The van der Waals surface area contributed by atoms with E-state index in [0.717, 1.165) is 30.2 Å². The van der Waals surface area contributed by atoms with E-state index < -0.39 is 17.9 Å². The first-order valence-electron chi connectivity index (χ1n) is 12.8. The van der Waals surface area contributed by atoms with Crippen LogP contribution in [0, 0.1) is 0 Å². The Bertz CT molecular complexity index is 1120. The van der Waals surface area contributed by atoms with Gasteiger partial charge in [-0.1, -0.05) is 93.0 Å². The van der Waals surface area contributed by atoms with Gasteiger partial charge in [-0.15, -0.1) is 0 Å². The van der Waals surface area contributed by atoms with Crippen LogP contribution < -0.4 is 9.47 Å². The third kappa shape index (κ3) is 7.82. The molecule has 1 N–H and O–H groups in total. The second-order valence-electron chi connectivity index (χ2n) is 8.97. The van der Waals surface area contributed by atoms with Crippen LogP contribution in [0.3, 0.4) is 0 Å². The first-order chi connectivity index (χ1) is 17.8. The number of ether oxygens (including phenoxy) is 2. The van der Waals surface area contributed by atoms with Gasteiger partial charge in [0, 0.05) is 0 Å². The van der Waals surface area contributed by atoms with Gasteiger partial charge in [-0.2, -0.15) is 0 Å². The summed E-state index contributed by atoms with van der Waals surface area (Å²) in [7, 11) is 0. The summed E-state index contributed by atoms with van der Waals surface area (Å²) < 4.78 is 12.2. The van der Waals surface area contributed by atoms with Gasteiger partial charge in [-0.3, -0.25) is 9.69 Å². The van der Waals surface area contributed by atoms with E-state index in [4.69, 9.17) is 21.7 Å². The van der Waals surface area contributed by atoms with E-state index in [1.807, 2.05) is 25.1 Å². The number of benzene rings is 2. The van der Waals surface area contributed by atoms with Gasteiger partial charge in [0.2, 0.25) is 0 Å². The van der Waals surface area contributed by atoms with Crippen LogP contribution in [-0.2, 0) is 9.59 Å². The fourth-order valence-electron chi connectivity index (χ4n) is 4.18. The summed E-state index contributed by atoms with van der Waals surface area (Å²) in [6.45, 7) is 6.67. The van der Waals surface area contributed by atoms with Crippen molar-refractivity contribution in [2.24, 2.45) is 0 Å². The molecule has 6 nitrogen and oxygen atoms in total. The Kier molecular flexibility index (Phi) is 11.0. The zero-order valence-electron chi connectivity index (χ0n) is 21.6. The van der Waals surface area contributed by atoms with E-state index in [0.29, 0.717) is 28.6 Å². The average molecular weight is 542 g/mol. The number of amides is 1. The Hall–Kier alpha value is -2.84. The standard InChI is InChI=1S/C29H35NO5S2/c1-4-6-7-8-10-13-20(3)35-23-17-16-21(18-24(23)34-5-2)19-25-27(31)30(29(36)37-25)26(28(32)33)22-14-11-9-12-15-22/h9,11-12,14-20,26H,4-8,10,13H2,1-3H3,(H,32,33)/b25-19+/t20-,26-/m1/s1. The number of unbranched alkanes of at least 4 members (excludes halogenated alkanes) is 4. The Morgan fingerprint density at radius 2 is 1.81 bits per heavy atom. The lowest BCUT2D eigenvalue weighted by molar-refractivity contribution is -0.145. The number of carboxylic acids is 1. The van der Waals surface area contributed by atoms with Crippen LogP contribution in [-0.4, -0.2) is 38.9 Å². The zero-order chi connectivity index (χ0) is 26.8. The summed E-state index contributed by atoms with van der Waals surface area (Å²) in [6.07, 6.45) is 8.86. The van der Waals surface area contributed by atoms with Crippen molar-refractivity contribution >= 4 is 46.3 Å². The fourth-order valence-corrected chi connectivity index (χ4v) is 5.50. The molecule has 1 aliphatic heterocycles. The molecule has 0 aromatic heterocycles. The predicted octanol–water partition coefficient (Wildman–Crippen LogP) is 7.24. The third-order valence-corrected chi connectivity index (χ3v) is 7.37. The molecule has 0 bridgehead atoms. The average Bonchev–Trinajstić information content (AvgIpc) is 3.14. The van der Waals surface area contributed by atoms with E-state index in [1.54, 1.807) is 36.4 Å². The maximum absolute atomic E-state index is 13.3. The van der Waals surface area contributed by atoms with Crippen molar-refractivity contribution in [3.8, 4) is 11.5 Å². The number of hydrogen-bond acceptors (Lipinski definition) is 6. The molecule has 1 saturated heterocycles. The van der Waals surface area contributed by atoms with Crippen molar-refractivity contribution in [2.75, 3.05) is 6.61 Å². The molecule has 1 amide bonds. The largest absolute Gasteiger partial charge is 0.490 e.